The van der Waals surface area contributed by atoms with Gasteiger partial charge in [-0.3, -0.25) is 14.5 Å². The molecule has 14 nitrogen and oxygen atoms in total. The molecule has 1 aromatic carbocycles. The van der Waals surface area contributed by atoms with Gasteiger partial charge in [0.1, 0.15) is 12.3 Å². The van der Waals surface area contributed by atoms with E-state index in [2.05, 4.69) is 19.2 Å². The largest absolute Gasteiger partial charge is 0.493 e. The van der Waals surface area contributed by atoms with Gasteiger partial charge in [-0.15, -0.1) is 0 Å². The number of methoxy groups -OCH3 is 2. The van der Waals surface area contributed by atoms with Crippen LogP contribution >= 0.6 is 0 Å². The lowest BCUT2D eigenvalue weighted by Gasteiger charge is -2.33. The van der Waals surface area contributed by atoms with Crippen LogP contribution < -0.4 is 26.3 Å². The predicted octanol–water partition coefficient (Wildman–Crippen LogP) is 3.76. The summed E-state index contributed by atoms with van der Waals surface area (Å²) in [5, 5.41) is 2.90. The Labute approximate surface area is 302 Å². The topological polar surface area (TPSA) is 191 Å². The van der Waals surface area contributed by atoms with Crippen molar-refractivity contribution in [3.05, 3.63) is 23.8 Å². The van der Waals surface area contributed by atoms with Crippen molar-refractivity contribution >= 4 is 23.9 Å². The molecule has 14 heteroatoms. The average molecular weight is 721 g/mol. The standard InChI is InChI=1S/C37H60N4O10/c1-23(2)26(16-25-10-11-29(47-8)31(17-25)48-15-9-14-46-7)18-28-30(19-27(24(3)4)32(42)40-20-36(5,6)33(38)43)49-21-41(28)35(45)51-22-50-34(44)37(39)12-13-37/h10-11,17,23-24,26-28,30H,9,12-16,18-22,39H2,1-8H3,(H2,38,43)(H,40,42)/t26-,27-,28-,30-/m0/s1. The Morgan fingerprint density at radius 1 is 1.02 bits per heavy atom. The fourth-order valence-corrected chi connectivity index (χ4v) is 5.98. The lowest BCUT2D eigenvalue weighted by Crippen LogP contribution is -2.47. The van der Waals surface area contributed by atoms with Gasteiger partial charge >= 0.3 is 12.1 Å². The van der Waals surface area contributed by atoms with Crippen molar-refractivity contribution in [1.82, 2.24) is 10.2 Å². The van der Waals surface area contributed by atoms with E-state index < -0.39 is 53.8 Å². The predicted molar refractivity (Wildman–Crippen MR) is 190 cm³/mol. The number of carbonyl (C=O) groups excluding carboxylic acids is 4. The molecule has 288 valence electrons. The van der Waals surface area contributed by atoms with Crippen molar-refractivity contribution in [3.8, 4) is 11.5 Å². The van der Waals surface area contributed by atoms with E-state index in [-0.39, 0.29) is 36.9 Å². The molecule has 1 aliphatic carbocycles. The molecule has 2 aliphatic rings. The summed E-state index contributed by atoms with van der Waals surface area (Å²) in [6.45, 7) is 12.1. The zero-order valence-electron chi connectivity index (χ0n) is 31.7. The molecule has 0 bridgehead atoms. The summed E-state index contributed by atoms with van der Waals surface area (Å²) < 4.78 is 33.5. The Kier molecular flexibility index (Phi) is 15.4. The molecule has 51 heavy (non-hydrogen) atoms. The van der Waals surface area contributed by atoms with Crippen LogP contribution in [0.2, 0.25) is 0 Å². The number of nitrogens with zero attached hydrogens (tertiary/aromatic N) is 1. The second-order valence-corrected chi connectivity index (χ2v) is 15.2. The maximum absolute atomic E-state index is 13.5. The first-order chi connectivity index (χ1) is 24.0. The van der Waals surface area contributed by atoms with Crippen molar-refractivity contribution in [2.45, 2.75) is 97.8 Å². The fraction of sp³-hybridized carbons (Fsp3) is 0.730. The van der Waals surface area contributed by atoms with Crippen LogP contribution in [-0.4, -0.2) is 94.0 Å². The number of rotatable bonds is 21. The van der Waals surface area contributed by atoms with Crippen LogP contribution in [0.4, 0.5) is 4.79 Å². The SMILES string of the molecule is COCCCOc1cc(C[C@@H](C[C@H]2[C@H](C[C@H](C(=O)NCC(C)(C)C(N)=O)C(C)C)OCN2C(=O)OCOC(=O)C2(N)CC2)C(C)C)ccc1OC. The average Bonchev–Trinajstić information content (AvgIpc) is 3.71. The summed E-state index contributed by atoms with van der Waals surface area (Å²) in [6.07, 6.45) is 2.14. The number of nitrogens with two attached hydrogens (primary N) is 2. The zero-order chi connectivity index (χ0) is 37.9. The summed E-state index contributed by atoms with van der Waals surface area (Å²) in [4.78, 5) is 52.6. The molecule has 3 rings (SSSR count). The number of amides is 3. The summed E-state index contributed by atoms with van der Waals surface area (Å²) in [5.74, 6) is -0.315. The molecule has 5 N–H and O–H groups in total. The van der Waals surface area contributed by atoms with Crippen LogP contribution in [0, 0.1) is 29.1 Å². The van der Waals surface area contributed by atoms with E-state index in [4.69, 9.17) is 39.9 Å². The molecule has 3 amide bonds. The third kappa shape index (κ3) is 12.0. The first-order valence-corrected chi connectivity index (χ1v) is 17.9. The third-order valence-corrected chi connectivity index (χ3v) is 10.0. The van der Waals surface area contributed by atoms with Crippen molar-refractivity contribution in [2.24, 2.45) is 40.6 Å². The molecular weight excluding hydrogens is 660 g/mol. The van der Waals surface area contributed by atoms with Gasteiger partial charge in [0.25, 0.3) is 0 Å². The first kappa shape index (κ1) is 41.8. The van der Waals surface area contributed by atoms with Crippen LogP contribution in [-0.2, 0) is 39.8 Å². The summed E-state index contributed by atoms with van der Waals surface area (Å²) in [7, 11) is 3.25. The minimum atomic E-state index is -1.00. The minimum absolute atomic E-state index is 0.0586. The van der Waals surface area contributed by atoms with Crippen LogP contribution in [0.15, 0.2) is 18.2 Å². The van der Waals surface area contributed by atoms with Crippen LogP contribution in [0.1, 0.15) is 79.2 Å². The molecule has 0 aromatic heterocycles. The van der Waals surface area contributed by atoms with E-state index in [0.717, 1.165) is 12.0 Å². The van der Waals surface area contributed by atoms with E-state index in [1.165, 1.54) is 4.90 Å². The number of hydrogen-bond acceptors (Lipinski definition) is 11. The van der Waals surface area contributed by atoms with E-state index in [1.54, 1.807) is 28.1 Å². The minimum Gasteiger partial charge on any atom is -0.493 e. The van der Waals surface area contributed by atoms with Gasteiger partial charge in [0.15, 0.2) is 11.5 Å². The second-order valence-electron chi connectivity index (χ2n) is 15.2. The normalized spacial score (nSPS) is 19.4. The summed E-state index contributed by atoms with van der Waals surface area (Å²) in [5.41, 5.74) is 10.6. The molecule has 0 spiro atoms. The van der Waals surface area contributed by atoms with Gasteiger partial charge in [-0.05, 0) is 81.4 Å². The number of primary amides is 1. The lowest BCUT2D eigenvalue weighted by atomic mass is 9.80. The Morgan fingerprint density at radius 2 is 1.73 bits per heavy atom. The quantitative estimate of drug-likeness (QED) is 0.0952. The van der Waals surface area contributed by atoms with Crippen LogP contribution in [0.3, 0.4) is 0 Å². The molecule has 1 saturated heterocycles. The highest BCUT2D eigenvalue weighted by Gasteiger charge is 2.48. The molecule has 0 unspecified atom stereocenters. The highest BCUT2D eigenvalue weighted by molar-refractivity contribution is 5.84. The van der Waals surface area contributed by atoms with Crippen LogP contribution in [0.25, 0.3) is 0 Å². The molecular formula is C37H60N4O10. The Bertz CT molecular complexity index is 1330. The third-order valence-electron chi connectivity index (χ3n) is 10.0. The molecule has 1 saturated carbocycles. The molecule has 1 heterocycles. The van der Waals surface area contributed by atoms with Gasteiger partial charge in [-0.25, -0.2) is 9.59 Å². The Morgan fingerprint density at radius 3 is 2.31 bits per heavy atom. The van der Waals surface area contributed by atoms with E-state index in [1.807, 2.05) is 32.0 Å². The van der Waals surface area contributed by atoms with Crippen molar-refractivity contribution in [2.75, 3.05) is 47.5 Å². The Balaban J connectivity index is 1.82. The zero-order valence-corrected chi connectivity index (χ0v) is 31.7. The number of benzene rings is 1. The van der Waals surface area contributed by atoms with Crippen molar-refractivity contribution in [3.63, 3.8) is 0 Å². The number of esters is 1. The lowest BCUT2D eigenvalue weighted by molar-refractivity contribution is -0.155. The monoisotopic (exact) mass is 720 g/mol. The molecule has 1 aromatic rings. The highest BCUT2D eigenvalue weighted by atomic mass is 16.7. The van der Waals surface area contributed by atoms with Crippen LogP contribution in [0.5, 0.6) is 11.5 Å². The molecule has 4 atom stereocenters. The maximum atomic E-state index is 13.5. The summed E-state index contributed by atoms with van der Waals surface area (Å²) >= 11 is 0. The van der Waals surface area contributed by atoms with E-state index >= 15 is 0 Å². The van der Waals surface area contributed by atoms with Crippen molar-refractivity contribution < 1.29 is 47.6 Å². The smallest absolute Gasteiger partial charge is 0.414 e. The maximum Gasteiger partial charge on any atom is 0.414 e. The van der Waals surface area contributed by atoms with Crippen molar-refractivity contribution in [1.29, 1.82) is 0 Å². The summed E-state index contributed by atoms with van der Waals surface area (Å²) in [6, 6.07) is 5.43. The van der Waals surface area contributed by atoms with Gasteiger partial charge < -0.3 is 45.2 Å². The van der Waals surface area contributed by atoms with Gasteiger partial charge in [-0.1, -0.05) is 33.8 Å². The molecule has 1 aliphatic heterocycles. The number of carbonyl (C=O) groups is 4. The van der Waals surface area contributed by atoms with E-state index in [0.29, 0.717) is 56.8 Å². The fourth-order valence-electron chi connectivity index (χ4n) is 5.98. The number of ether oxygens (including phenoxy) is 6. The van der Waals surface area contributed by atoms with E-state index in [9.17, 15) is 19.2 Å². The number of nitrogens with one attached hydrogen (secondary N) is 1. The van der Waals surface area contributed by atoms with Gasteiger partial charge in [0.05, 0.1) is 31.3 Å². The van der Waals surface area contributed by atoms with Gasteiger partial charge in [0, 0.05) is 32.6 Å². The van der Waals surface area contributed by atoms with Gasteiger partial charge in [-0.2, -0.15) is 0 Å². The van der Waals surface area contributed by atoms with Gasteiger partial charge in [0.2, 0.25) is 18.6 Å². The second kappa shape index (κ2) is 18.7. The Hall–Kier alpha value is -3.62. The molecule has 0 radical (unpaired) electrons. The highest BCUT2D eigenvalue weighted by Crippen LogP contribution is 2.36. The first-order valence-electron chi connectivity index (χ1n) is 17.9. The number of hydrogen-bond donors (Lipinski definition) is 3. The molecule has 2 fully saturated rings.